The van der Waals surface area contributed by atoms with Crippen molar-refractivity contribution in [1.29, 1.82) is 0 Å². The Hall–Kier alpha value is -4.01. The van der Waals surface area contributed by atoms with Crippen molar-refractivity contribution in [1.82, 2.24) is 10.6 Å². The first kappa shape index (κ1) is 22.7. The van der Waals surface area contributed by atoms with Crippen LogP contribution in [0.4, 0.5) is 4.79 Å². The average Bonchev–Trinajstić information content (AvgIpc) is 2.82. The van der Waals surface area contributed by atoms with E-state index in [1.54, 1.807) is 49.4 Å². The monoisotopic (exact) mass is 440 g/mol. The summed E-state index contributed by atoms with van der Waals surface area (Å²) in [6.07, 6.45) is 0. The van der Waals surface area contributed by atoms with E-state index in [1.165, 1.54) is 14.2 Å². The zero-order valence-electron chi connectivity index (χ0n) is 18.0. The van der Waals surface area contributed by atoms with Gasteiger partial charge in [-0.25, -0.2) is 14.4 Å². The first-order valence-electron chi connectivity index (χ1n) is 9.90. The SMILES string of the molecule is CCOC(=O)C1=C(COC(=O)c2c(OC)cccc2OC)NC(=O)NC1c1ccccc1. The van der Waals surface area contributed by atoms with E-state index in [0.29, 0.717) is 5.56 Å². The molecule has 2 N–H and O–H groups in total. The van der Waals surface area contributed by atoms with Crippen LogP contribution in [0.2, 0.25) is 0 Å². The van der Waals surface area contributed by atoms with Gasteiger partial charge in [0.05, 0.1) is 38.1 Å². The molecule has 9 nitrogen and oxygen atoms in total. The van der Waals surface area contributed by atoms with Crippen LogP contribution in [0.15, 0.2) is 59.8 Å². The van der Waals surface area contributed by atoms with Gasteiger partial charge in [0.25, 0.3) is 0 Å². The minimum Gasteiger partial charge on any atom is -0.496 e. The number of nitrogens with one attached hydrogen (secondary N) is 2. The van der Waals surface area contributed by atoms with Crippen molar-refractivity contribution in [3.8, 4) is 11.5 Å². The van der Waals surface area contributed by atoms with Gasteiger partial charge in [-0.2, -0.15) is 0 Å². The van der Waals surface area contributed by atoms with E-state index in [9.17, 15) is 14.4 Å². The van der Waals surface area contributed by atoms with Gasteiger partial charge in [-0.3, -0.25) is 0 Å². The largest absolute Gasteiger partial charge is 0.496 e. The molecular formula is C23H24N2O7. The van der Waals surface area contributed by atoms with Crippen LogP contribution in [0.3, 0.4) is 0 Å². The van der Waals surface area contributed by atoms with Crippen molar-refractivity contribution in [2.45, 2.75) is 13.0 Å². The van der Waals surface area contributed by atoms with E-state index in [1.807, 2.05) is 6.07 Å². The highest BCUT2D eigenvalue weighted by Gasteiger charge is 2.34. The summed E-state index contributed by atoms with van der Waals surface area (Å²) < 4.78 is 21.1. The molecule has 9 heteroatoms. The Morgan fingerprint density at radius 3 is 2.16 bits per heavy atom. The third-order valence-corrected chi connectivity index (χ3v) is 4.76. The minimum atomic E-state index is -0.765. The van der Waals surface area contributed by atoms with Crippen molar-refractivity contribution in [3.05, 3.63) is 70.9 Å². The summed E-state index contributed by atoms with van der Waals surface area (Å²) in [4.78, 5) is 37.9. The van der Waals surface area contributed by atoms with E-state index in [4.69, 9.17) is 18.9 Å². The molecule has 2 amide bonds. The Balaban J connectivity index is 1.95. The smallest absolute Gasteiger partial charge is 0.346 e. The second kappa shape index (κ2) is 10.3. The molecule has 168 valence electrons. The summed E-state index contributed by atoms with van der Waals surface area (Å²) in [5.41, 5.74) is 1.05. The number of carbonyl (C=O) groups is 3. The molecular weight excluding hydrogens is 416 g/mol. The number of ether oxygens (including phenoxy) is 4. The predicted molar refractivity (Wildman–Crippen MR) is 114 cm³/mol. The summed E-state index contributed by atoms with van der Waals surface area (Å²) in [5.74, 6) is -0.829. The topological polar surface area (TPSA) is 112 Å². The van der Waals surface area contributed by atoms with Gasteiger partial charge in [-0.15, -0.1) is 0 Å². The number of hydrogen-bond donors (Lipinski definition) is 2. The molecule has 0 fully saturated rings. The Morgan fingerprint density at radius 2 is 1.56 bits per heavy atom. The fourth-order valence-corrected chi connectivity index (χ4v) is 3.34. The third-order valence-electron chi connectivity index (χ3n) is 4.76. The maximum absolute atomic E-state index is 12.8. The maximum atomic E-state index is 12.8. The van der Waals surface area contributed by atoms with Crippen LogP contribution in [0, 0.1) is 0 Å². The molecule has 0 spiro atoms. The van der Waals surface area contributed by atoms with Crippen LogP contribution in [0.1, 0.15) is 28.9 Å². The molecule has 1 atom stereocenters. The summed E-state index contributed by atoms with van der Waals surface area (Å²) in [6.45, 7) is 1.45. The van der Waals surface area contributed by atoms with Crippen LogP contribution >= 0.6 is 0 Å². The Kier molecular flexibility index (Phi) is 7.33. The van der Waals surface area contributed by atoms with E-state index in [2.05, 4.69) is 10.6 Å². The number of hydrogen-bond acceptors (Lipinski definition) is 7. The van der Waals surface area contributed by atoms with Crippen molar-refractivity contribution < 1.29 is 33.3 Å². The number of rotatable bonds is 8. The third kappa shape index (κ3) is 4.83. The van der Waals surface area contributed by atoms with Crippen molar-refractivity contribution in [2.75, 3.05) is 27.4 Å². The van der Waals surface area contributed by atoms with E-state index in [-0.39, 0.29) is 41.5 Å². The molecule has 0 bridgehead atoms. The molecule has 32 heavy (non-hydrogen) atoms. The van der Waals surface area contributed by atoms with Gasteiger partial charge in [0.2, 0.25) is 0 Å². The first-order chi connectivity index (χ1) is 15.5. The number of benzene rings is 2. The highest BCUT2D eigenvalue weighted by Crippen LogP contribution is 2.30. The number of amides is 2. The number of methoxy groups -OCH3 is 2. The fourth-order valence-electron chi connectivity index (χ4n) is 3.34. The van der Waals surface area contributed by atoms with Gasteiger partial charge >= 0.3 is 18.0 Å². The lowest BCUT2D eigenvalue weighted by molar-refractivity contribution is -0.139. The molecule has 2 aromatic carbocycles. The van der Waals surface area contributed by atoms with Crippen LogP contribution < -0.4 is 20.1 Å². The lowest BCUT2D eigenvalue weighted by Gasteiger charge is -2.29. The van der Waals surface area contributed by atoms with Crippen LogP contribution in [0.25, 0.3) is 0 Å². The Morgan fingerprint density at radius 1 is 0.906 bits per heavy atom. The molecule has 1 aliphatic rings. The number of esters is 2. The normalized spacial score (nSPS) is 15.3. The zero-order valence-corrected chi connectivity index (χ0v) is 18.0. The maximum Gasteiger partial charge on any atom is 0.346 e. The van der Waals surface area contributed by atoms with Gasteiger partial charge in [0.1, 0.15) is 23.7 Å². The lowest BCUT2D eigenvalue weighted by atomic mass is 9.95. The van der Waals surface area contributed by atoms with Crippen LogP contribution in [-0.2, 0) is 14.3 Å². The van der Waals surface area contributed by atoms with Crippen LogP contribution in [-0.4, -0.2) is 45.4 Å². The highest BCUT2D eigenvalue weighted by atomic mass is 16.5. The number of urea groups is 1. The average molecular weight is 440 g/mol. The zero-order chi connectivity index (χ0) is 23.1. The van der Waals surface area contributed by atoms with Crippen molar-refractivity contribution >= 4 is 18.0 Å². The van der Waals surface area contributed by atoms with Crippen molar-refractivity contribution in [3.63, 3.8) is 0 Å². The fraction of sp³-hybridized carbons (Fsp3) is 0.261. The van der Waals surface area contributed by atoms with Crippen molar-refractivity contribution in [2.24, 2.45) is 0 Å². The van der Waals surface area contributed by atoms with Gasteiger partial charge in [-0.05, 0) is 24.6 Å². The molecule has 0 aliphatic carbocycles. The highest BCUT2D eigenvalue weighted by molar-refractivity contribution is 5.97. The second-order valence-electron chi connectivity index (χ2n) is 6.67. The Labute approximate surface area is 185 Å². The molecule has 0 saturated heterocycles. The van der Waals surface area contributed by atoms with Gasteiger partial charge < -0.3 is 29.6 Å². The first-order valence-corrected chi connectivity index (χ1v) is 9.90. The summed E-state index contributed by atoms with van der Waals surface area (Å²) >= 11 is 0. The van der Waals surface area contributed by atoms with Gasteiger partial charge in [-0.1, -0.05) is 36.4 Å². The molecule has 1 unspecified atom stereocenters. The van der Waals surface area contributed by atoms with E-state index in [0.717, 1.165) is 0 Å². The molecule has 0 aromatic heterocycles. The quantitative estimate of drug-likeness (QED) is 0.607. The molecule has 3 rings (SSSR count). The molecule has 0 radical (unpaired) electrons. The summed E-state index contributed by atoms with van der Waals surface area (Å²) in [5, 5.41) is 5.28. The number of carbonyl (C=O) groups excluding carboxylic acids is 3. The standard InChI is InChI=1S/C23H24N2O7/c1-4-31-21(26)18-15(24-23(28)25-20(18)14-9-6-5-7-10-14)13-32-22(27)19-16(29-2)11-8-12-17(19)30-3/h5-12,20H,4,13H2,1-3H3,(H2,24,25,28). The van der Waals surface area contributed by atoms with Crippen LogP contribution in [0.5, 0.6) is 11.5 Å². The molecule has 0 saturated carbocycles. The van der Waals surface area contributed by atoms with Gasteiger partial charge in [0, 0.05) is 0 Å². The van der Waals surface area contributed by atoms with Gasteiger partial charge in [0.15, 0.2) is 0 Å². The molecule has 1 aliphatic heterocycles. The minimum absolute atomic E-state index is 0.0932. The second-order valence-corrected chi connectivity index (χ2v) is 6.67. The Bertz CT molecular complexity index is 1010. The summed E-state index contributed by atoms with van der Waals surface area (Å²) in [6, 6.07) is 12.5. The summed E-state index contributed by atoms with van der Waals surface area (Å²) in [7, 11) is 2.84. The predicted octanol–water partition coefficient (Wildman–Crippen LogP) is 2.73. The molecule has 1 heterocycles. The molecule has 2 aromatic rings. The van der Waals surface area contributed by atoms with E-state index >= 15 is 0 Å². The van der Waals surface area contributed by atoms with E-state index < -0.39 is 24.0 Å². The lowest BCUT2D eigenvalue weighted by Crippen LogP contribution is -2.47.